The van der Waals surface area contributed by atoms with Crippen molar-refractivity contribution in [1.82, 2.24) is 9.80 Å². The third kappa shape index (κ3) is 9.26. The lowest BCUT2D eigenvalue weighted by molar-refractivity contribution is -0.154. The molecule has 0 radical (unpaired) electrons. The fourth-order valence-corrected chi connectivity index (χ4v) is 8.05. The Morgan fingerprint density at radius 1 is 0.705 bits per heavy atom. The summed E-state index contributed by atoms with van der Waals surface area (Å²) in [4.78, 5) is 28.8. The Bertz CT molecular complexity index is 1110. The molecule has 2 aromatic carbocycles. The van der Waals surface area contributed by atoms with E-state index in [0.29, 0.717) is 12.1 Å². The Morgan fingerprint density at radius 3 is 1.48 bits per heavy atom. The smallest absolute Gasteiger partial charge is 0.313 e. The first kappa shape index (κ1) is 36.0. The van der Waals surface area contributed by atoms with E-state index in [-0.39, 0.29) is 37.1 Å². The Labute approximate surface area is 268 Å². The van der Waals surface area contributed by atoms with E-state index >= 15 is 0 Å². The number of esters is 1. The molecule has 0 amide bonds. The van der Waals surface area contributed by atoms with E-state index in [1.165, 1.54) is 38.5 Å². The molecule has 8 atom stereocenters. The molecule has 5 nitrogen and oxygen atoms in total. The molecule has 0 spiro atoms. The number of hydrogen-bond acceptors (Lipinski definition) is 5. The van der Waals surface area contributed by atoms with Crippen LogP contribution in [0.4, 0.5) is 0 Å². The molecule has 2 aromatic rings. The average Bonchev–Trinajstić information content (AvgIpc) is 3.32. The topological polar surface area (TPSA) is 49.9 Å². The number of fused-ring (bicyclic) bond motifs is 4. The van der Waals surface area contributed by atoms with Gasteiger partial charge in [0.2, 0.25) is 0 Å². The summed E-state index contributed by atoms with van der Waals surface area (Å²) in [5.74, 6) is 1.17. The molecule has 4 fully saturated rings. The zero-order chi connectivity index (χ0) is 30.9. The number of nitrogens with zero attached hydrogens (tertiary/aromatic N) is 2. The van der Waals surface area contributed by atoms with E-state index in [1.807, 2.05) is 67.6 Å². The largest absolute Gasteiger partial charge is 0.462 e. The van der Waals surface area contributed by atoms with Gasteiger partial charge in [0.1, 0.15) is 11.9 Å². The van der Waals surface area contributed by atoms with Crippen molar-refractivity contribution < 1.29 is 14.3 Å². The number of benzene rings is 2. The van der Waals surface area contributed by atoms with Crippen LogP contribution in [0.2, 0.25) is 0 Å². The first-order valence-corrected chi connectivity index (χ1v) is 17.0. The van der Waals surface area contributed by atoms with Crippen molar-refractivity contribution in [2.24, 2.45) is 5.92 Å². The number of piperidine rings is 2. The minimum Gasteiger partial charge on any atom is -0.462 e. The van der Waals surface area contributed by atoms with Crippen LogP contribution in [-0.4, -0.2) is 65.9 Å². The summed E-state index contributed by atoms with van der Waals surface area (Å²) < 4.78 is 5.86. The summed E-state index contributed by atoms with van der Waals surface area (Å²) in [6.45, 7) is 8.15. The van der Waals surface area contributed by atoms with Crippen LogP contribution >= 0.6 is 0 Å². The Morgan fingerprint density at radius 2 is 1.09 bits per heavy atom. The molecule has 0 aromatic heterocycles. The molecule has 0 saturated carbocycles. The molecule has 44 heavy (non-hydrogen) atoms. The monoisotopic (exact) mass is 604 g/mol. The molecule has 4 bridgehead atoms. The fourth-order valence-electron chi connectivity index (χ4n) is 8.05. The second-order valence-corrected chi connectivity index (χ2v) is 13.6. The highest BCUT2D eigenvalue weighted by Gasteiger charge is 2.40. The molecule has 4 aliphatic rings. The summed E-state index contributed by atoms with van der Waals surface area (Å²) >= 11 is 0. The van der Waals surface area contributed by atoms with E-state index in [2.05, 4.69) is 37.7 Å². The second kappa shape index (κ2) is 17.3. The summed E-state index contributed by atoms with van der Waals surface area (Å²) in [6.07, 6.45) is 12.1. The van der Waals surface area contributed by atoms with Crippen LogP contribution in [0.1, 0.15) is 122 Å². The van der Waals surface area contributed by atoms with Gasteiger partial charge in [0.15, 0.2) is 0 Å². The highest BCUT2D eigenvalue weighted by Crippen LogP contribution is 2.37. The lowest BCUT2D eigenvalue weighted by atomic mass is 9.93. The minimum atomic E-state index is -0.122. The SMILES string of the molecule is C.CC1CC2CC[C@H](C1)N2C.CCC(C(=O)OC1CC2CC[C@H](C1)N2C)c1ccccc1.CCC(C(C)=O)c1ccccc1. The van der Waals surface area contributed by atoms with Gasteiger partial charge >= 0.3 is 5.97 Å². The van der Waals surface area contributed by atoms with Gasteiger partial charge in [-0.3, -0.25) is 9.59 Å². The Kier molecular flexibility index (Phi) is 14.1. The van der Waals surface area contributed by atoms with Gasteiger partial charge in [-0.25, -0.2) is 0 Å². The maximum Gasteiger partial charge on any atom is 0.313 e. The molecule has 5 heteroatoms. The van der Waals surface area contributed by atoms with Gasteiger partial charge in [-0.15, -0.1) is 0 Å². The van der Waals surface area contributed by atoms with E-state index < -0.39 is 0 Å². The number of carbonyl (C=O) groups excluding carboxylic acids is 2. The van der Waals surface area contributed by atoms with Crippen molar-refractivity contribution >= 4 is 11.8 Å². The van der Waals surface area contributed by atoms with Crippen LogP contribution in [0.5, 0.6) is 0 Å². The van der Waals surface area contributed by atoms with Crippen LogP contribution in [0.15, 0.2) is 60.7 Å². The second-order valence-electron chi connectivity index (χ2n) is 13.6. The van der Waals surface area contributed by atoms with Gasteiger partial charge in [-0.2, -0.15) is 0 Å². The number of hydrogen-bond donors (Lipinski definition) is 0. The van der Waals surface area contributed by atoms with Gasteiger partial charge in [0, 0.05) is 30.1 Å². The van der Waals surface area contributed by atoms with Crippen molar-refractivity contribution in [3.8, 4) is 0 Å². The van der Waals surface area contributed by atoms with Gasteiger partial charge < -0.3 is 14.5 Å². The molecule has 4 aliphatic heterocycles. The predicted octanol–water partition coefficient (Wildman–Crippen LogP) is 8.63. The van der Waals surface area contributed by atoms with E-state index in [9.17, 15) is 9.59 Å². The summed E-state index contributed by atoms with van der Waals surface area (Å²) in [5, 5.41) is 0. The molecule has 4 saturated heterocycles. The van der Waals surface area contributed by atoms with Crippen molar-refractivity contribution in [2.45, 2.75) is 141 Å². The number of carbonyl (C=O) groups is 2. The highest BCUT2D eigenvalue weighted by atomic mass is 16.5. The summed E-state index contributed by atoms with van der Waals surface area (Å²) in [7, 11) is 4.51. The van der Waals surface area contributed by atoms with E-state index in [1.54, 1.807) is 6.92 Å². The molecule has 244 valence electrons. The molecule has 6 unspecified atom stereocenters. The van der Waals surface area contributed by atoms with Crippen molar-refractivity contribution in [3.63, 3.8) is 0 Å². The predicted molar refractivity (Wildman–Crippen MR) is 183 cm³/mol. The zero-order valence-electron chi connectivity index (χ0n) is 27.6. The molecule has 6 rings (SSSR count). The van der Waals surface area contributed by atoms with Crippen molar-refractivity contribution in [2.75, 3.05) is 14.1 Å². The lowest BCUT2D eigenvalue weighted by Crippen LogP contribution is -2.43. The number of ether oxygens (including phenoxy) is 1. The third-order valence-electron chi connectivity index (χ3n) is 10.7. The third-order valence-corrected chi connectivity index (χ3v) is 10.7. The molecule has 4 heterocycles. The van der Waals surface area contributed by atoms with Gasteiger partial charge in [-0.05, 0) is 102 Å². The van der Waals surface area contributed by atoms with E-state index in [0.717, 1.165) is 54.8 Å². The van der Waals surface area contributed by atoms with Crippen LogP contribution < -0.4 is 0 Å². The molecule has 0 N–H and O–H groups in total. The van der Waals surface area contributed by atoms with Crippen LogP contribution in [0.3, 0.4) is 0 Å². The average molecular weight is 605 g/mol. The highest BCUT2D eigenvalue weighted by molar-refractivity contribution is 5.83. The van der Waals surface area contributed by atoms with Gasteiger partial charge in [-0.1, -0.05) is 88.9 Å². The van der Waals surface area contributed by atoms with E-state index in [4.69, 9.17) is 4.74 Å². The standard InChI is InChI=1S/C18H25NO2.C11H14O.C9H17N.CH4/c1-3-17(13-7-5-4-6-8-13)18(20)21-16-11-14-9-10-15(12-16)19(14)2;1-3-11(9(2)12)10-7-5-4-6-8-10;1-7-5-8-3-4-9(6-7)10(8)2;/h4-8,14-17H,3,9-12H2,1-2H3;4-8,11H,3H2,1-2H3;7-9H,3-6H2,1-2H3;1H4/t14-,15?,16?,17?;;7?,8-,9?;/m1.1./s1. The Balaban J connectivity index is 0.000000195. The first-order chi connectivity index (χ1) is 20.7. The zero-order valence-corrected chi connectivity index (χ0v) is 27.6. The van der Waals surface area contributed by atoms with Gasteiger partial charge in [0.05, 0.1) is 5.92 Å². The molecular weight excluding hydrogens is 544 g/mol. The normalized spacial score (nSPS) is 28.7. The van der Waals surface area contributed by atoms with Crippen LogP contribution in [0.25, 0.3) is 0 Å². The first-order valence-electron chi connectivity index (χ1n) is 17.0. The number of rotatable bonds is 7. The van der Waals surface area contributed by atoms with Crippen molar-refractivity contribution in [3.05, 3.63) is 71.8 Å². The van der Waals surface area contributed by atoms with Gasteiger partial charge in [0.25, 0.3) is 0 Å². The minimum absolute atomic E-state index is 0. The fraction of sp³-hybridized carbons (Fsp3) is 0.641. The Hall–Kier alpha value is -2.50. The molecule has 0 aliphatic carbocycles. The molecular formula is C39H60N2O3. The van der Waals surface area contributed by atoms with Crippen molar-refractivity contribution in [1.29, 1.82) is 0 Å². The van der Waals surface area contributed by atoms with Crippen LogP contribution in [0, 0.1) is 5.92 Å². The summed E-state index contributed by atoms with van der Waals surface area (Å²) in [5.41, 5.74) is 2.20. The number of ketones is 1. The lowest BCUT2D eigenvalue weighted by Gasteiger charge is -2.36. The number of Topliss-reactive ketones (excluding diaryl/α,β-unsaturated/α-hetero) is 1. The maximum atomic E-state index is 12.5. The quantitative estimate of drug-likeness (QED) is 0.296. The maximum absolute atomic E-state index is 12.5. The summed E-state index contributed by atoms with van der Waals surface area (Å²) in [6, 6.07) is 23.0. The van der Waals surface area contributed by atoms with Crippen LogP contribution in [-0.2, 0) is 14.3 Å².